The summed E-state index contributed by atoms with van der Waals surface area (Å²) in [5.41, 5.74) is 3.57. The zero-order valence-corrected chi connectivity index (χ0v) is 18.3. The van der Waals surface area contributed by atoms with Crippen LogP contribution < -0.4 is 5.32 Å². The summed E-state index contributed by atoms with van der Waals surface area (Å²) in [4.78, 5) is 17.6. The van der Waals surface area contributed by atoms with Crippen molar-refractivity contribution in [1.82, 2.24) is 15.3 Å². The smallest absolute Gasteiger partial charge is 0.255 e. The summed E-state index contributed by atoms with van der Waals surface area (Å²) in [5.74, 6) is 1.70. The third kappa shape index (κ3) is 4.08. The van der Waals surface area contributed by atoms with E-state index in [4.69, 9.17) is 13.5 Å². The SMILES string of the molecule is O=C(Nc1ccccc1Cc1nc(-c2ccco2)no1)c1ccc2noc(-c3ccccc3)c2c1. The van der Waals surface area contributed by atoms with E-state index in [1.165, 1.54) is 0 Å². The number of nitrogens with one attached hydrogen (secondary N) is 1. The van der Waals surface area contributed by atoms with Gasteiger partial charge >= 0.3 is 0 Å². The predicted octanol–water partition coefficient (Wildman–Crippen LogP) is 5.98. The summed E-state index contributed by atoms with van der Waals surface area (Å²) in [6.07, 6.45) is 1.91. The van der Waals surface area contributed by atoms with E-state index in [1.54, 1.807) is 36.6 Å². The molecule has 0 bridgehead atoms. The van der Waals surface area contributed by atoms with Crippen LogP contribution in [0.5, 0.6) is 0 Å². The van der Waals surface area contributed by atoms with Gasteiger partial charge in [-0.1, -0.05) is 58.8 Å². The molecule has 0 saturated carbocycles. The Bertz CT molecular complexity index is 1620. The lowest BCUT2D eigenvalue weighted by atomic mass is 10.1. The lowest BCUT2D eigenvalue weighted by Crippen LogP contribution is -2.13. The quantitative estimate of drug-likeness (QED) is 0.324. The largest absolute Gasteiger partial charge is 0.461 e. The zero-order valence-electron chi connectivity index (χ0n) is 18.3. The standard InChI is InChI=1S/C27H18N4O4/c32-27(19-12-13-22-20(15-19)25(35-30-22)17-7-2-1-3-8-17)28-21-10-5-4-9-18(21)16-24-29-26(31-34-24)23-11-6-14-33-23/h1-15H,16H2,(H,28,32). The maximum atomic E-state index is 13.2. The molecule has 0 aliphatic carbocycles. The second kappa shape index (κ2) is 8.75. The molecule has 0 aliphatic rings. The first-order valence-corrected chi connectivity index (χ1v) is 11.0. The third-order valence-corrected chi connectivity index (χ3v) is 5.59. The number of nitrogens with zero attached hydrogens (tertiary/aromatic N) is 3. The van der Waals surface area contributed by atoms with Crippen molar-refractivity contribution in [3.63, 3.8) is 0 Å². The fraction of sp³-hybridized carbons (Fsp3) is 0.0370. The highest BCUT2D eigenvalue weighted by Crippen LogP contribution is 2.29. The van der Waals surface area contributed by atoms with E-state index in [0.29, 0.717) is 46.4 Å². The van der Waals surface area contributed by atoms with Gasteiger partial charge in [-0.15, -0.1) is 0 Å². The van der Waals surface area contributed by atoms with Gasteiger partial charge in [-0.25, -0.2) is 0 Å². The number of benzene rings is 3. The van der Waals surface area contributed by atoms with Crippen molar-refractivity contribution in [2.45, 2.75) is 6.42 Å². The second-order valence-electron chi connectivity index (χ2n) is 7.89. The van der Waals surface area contributed by atoms with Gasteiger partial charge in [0.15, 0.2) is 11.5 Å². The van der Waals surface area contributed by atoms with E-state index in [-0.39, 0.29) is 5.91 Å². The maximum absolute atomic E-state index is 13.2. The minimum absolute atomic E-state index is 0.249. The lowest BCUT2D eigenvalue weighted by Gasteiger charge is -2.10. The first kappa shape index (κ1) is 20.6. The number of anilines is 1. The Morgan fingerprint density at radius 2 is 1.71 bits per heavy atom. The Morgan fingerprint density at radius 3 is 2.57 bits per heavy atom. The number of para-hydroxylation sites is 1. The molecule has 0 unspecified atom stereocenters. The molecule has 0 radical (unpaired) electrons. The van der Waals surface area contributed by atoms with Crippen molar-refractivity contribution in [3.8, 4) is 22.9 Å². The maximum Gasteiger partial charge on any atom is 0.255 e. The van der Waals surface area contributed by atoms with Gasteiger partial charge in [0.1, 0.15) is 5.52 Å². The number of amides is 1. The molecule has 35 heavy (non-hydrogen) atoms. The number of furan rings is 1. The van der Waals surface area contributed by atoms with E-state index in [0.717, 1.165) is 16.5 Å². The van der Waals surface area contributed by atoms with Crippen molar-refractivity contribution in [2.24, 2.45) is 0 Å². The third-order valence-electron chi connectivity index (χ3n) is 5.59. The normalized spacial score (nSPS) is 11.1. The number of rotatable bonds is 6. The van der Waals surface area contributed by atoms with Crippen molar-refractivity contribution < 1.29 is 18.3 Å². The summed E-state index contributed by atoms with van der Waals surface area (Å²) in [6, 6.07) is 26.0. The molecule has 0 fully saturated rings. The molecule has 8 nitrogen and oxygen atoms in total. The van der Waals surface area contributed by atoms with E-state index in [9.17, 15) is 4.79 Å². The minimum atomic E-state index is -0.249. The molecule has 3 heterocycles. The van der Waals surface area contributed by atoms with Crippen LogP contribution in [0.4, 0.5) is 5.69 Å². The Kier molecular flexibility index (Phi) is 5.16. The van der Waals surface area contributed by atoms with Crippen molar-refractivity contribution in [3.05, 3.63) is 108 Å². The van der Waals surface area contributed by atoms with Gasteiger partial charge < -0.3 is 18.8 Å². The minimum Gasteiger partial charge on any atom is -0.461 e. The van der Waals surface area contributed by atoms with Crippen LogP contribution in [-0.4, -0.2) is 21.2 Å². The molecule has 170 valence electrons. The Hall–Kier alpha value is -4.98. The van der Waals surface area contributed by atoms with Gasteiger partial charge in [0.2, 0.25) is 11.7 Å². The number of hydrogen-bond acceptors (Lipinski definition) is 7. The summed E-state index contributed by atoms with van der Waals surface area (Å²) in [7, 11) is 0. The highest BCUT2D eigenvalue weighted by molar-refractivity contribution is 6.07. The molecule has 3 aromatic heterocycles. The Morgan fingerprint density at radius 1 is 0.857 bits per heavy atom. The molecule has 0 atom stereocenters. The van der Waals surface area contributed by atoms with E-state index in [2.05, 4.69) is 20.6 Å². The molecule has 0 aliphatic heterocycles. The van der Waals surface area contributed by atoms with Crippen LogP contribution in [0, 0.1) is 0 Å². The van der Waals surface area contributed by atoms with Crippen LogP contribution in [0.2, 0.25) is 0 Å². The van der Waals surface area contributed by atoms with Gasteiger partial charge in [-0.3, -0.25) is 4.79 Å². The molecule has 8 heteroatoms. The van der Waals surface area contributed by atoms with Gasteiger partial charge in [0.05, 0.1) is 18.1 Å². The molecule has 6 rings (SSSR count). The van der Waals surface area contributed by atoms with Gasteiger partial charge in [0, 0.05) is 16.8 Å². The molecule has 6 aromatic rings. The average Bonchev–Trinajstić information content (AvgIpc) is 3.66. The van der Waals surface area contributed by atoms with E-state index in [1.807, 2.05) is 54.6 Å². The number of carbonyl (C=O) groups excluding carboxylic acids is 1. The van der Waals surface area contributed by atoms with Crippen LogP contribution >= 0.6 is 0 Å². The summed E-state index contributed by atoms with van der Waals surface area (Å²) in [6.45, 7) is 0. The fourth-order valence-electron chi connectivity index (χ4n) is 3.87. The van der Waals surface area contributed by atoms with E-state index >= 15 is 0 Å². The van der Waals surface area contributed by atoms with Crippen LogP contribution in [0.1, 0.15) is 21.8 Å². The first-order chi connectivity index (χ1) is 17.2. The van der Waals surface area contributed by atoms with Gasteiger partial charge in [-0.2, -0.15) is 4.98 Å². The molecule has 0 saturated heterocycles. The zero-order chi connectivity index (χ0) is 23.6. The number of aromatic nitrogens is 3. The highest BCUT2D eigenvalue weighted by atomic mass is 16.5. The first-order valence-electron chi connectivity index (χ1n) is 11.0. The molecule has 3 aromatic carbocycles. The van der Waals surface area contributed by atoms with E-state index < -0.39 is 0 Å². The molecule has 1 N–H and O–H groups in total. The molecule has 1 amide bonds. The summed E-state index contributed by atoms with van der Waals surface area (Å²) in [5, 5.41) is 11.9. The molecule has 0 spiro atoms. The number of carbonyl (C=O) groups is 1. The Labute approximate surface area is 199 Å². The Balaban J connectivity index is 1.25. The topological polar surface area (TPSA) is 107 Å². The van der Waals surface area contributed by atoms with Crippen LogP contribution in [0.25, 0.3) is 33.8 Å². The fourth-order valence-corrected chi connectivity index (χ4v) is 3.87. The number of hydrogen-bond donors (Lipinski definition) is 1. The predicted molar refractivity (Wildman–Crippen MR) is 129 cm³/mol. The summed E-state index contributed by atoms with van der Waals surface area (Å²) >= 11 is 0. The van der Waals surface area contributed by atoms with Crippen molar-refractivity contribution in [1.29, 1.82) is 0 Å². The molecular formula is C27H18N4O4. The molecular weight excluding hydrogens is 444 g/mol. The van der Waals surface area contributed by atoms with Gasteiger partial charge in [-0.05, 0) is 42.0 Å². The lowest BCUT2D eigenvalue weighted by molar-refractivity contribution is 0.102. The summed E-state index contributed by atoms with van der Waals surface area (Å²) < 4.78 is 16.3. The van der Waals surface area contributed by atoms with Gasteiger partial charge in [0.25, 0.3) is 5.91 Å². The average molecular weight is 462 g/mol. The van der Waals surface area contributed by atoms with Crippen LogP contribution in [0.15, 0.2) is 105 Å². The van der Waals surface area contributed by atoms with Crippen molar-refractivity contribution >= 4 is 22.5 Å². The highest BCUT2D eigenvalue weighted by Gasteiger charge is 2.17. The van der Waals surface area contributed by atoms with Crippen LogP contribution in [-0.2, 0) is 6.42 Å². The monoisotopic (exact) mass is 462 g/mol. The van der Waals surface area contributed by atoms with Crippen molar-refractivity contribution in [2.75, 3.05) is 5.32 Å². The number of fused-ring (bicyclic) bond motifs is 1. The van der Waals surface area contributed by atoms with Crippen LogP contribution in [0.3, 0.4) is 0 Å². The second-order valence-corrected chi connectivity index (χ2v) is 7.89.